The topological polar surface area (TPSA) is 81.2 Å². The number of aromatic nitrogens is 1. The van der Waals surface area contributed by atoms with Crippen molar-refractivity contribution in [3.63, 3.8) is 0 Å². The molecule has 0 atom stereocenters. The summed E-state index contributed by atoms with van der Waals surface area (Å²) in [6.45, 7) is 0.773. The van der Waals surface area contributed by atoms with Crippen molar-refractivity contribution < 1.29 is 9.32 Å². The molecule has 1 aromatic rings. The normalized spacial score (nSPS) is 25.5. The molecule has 0 unspecified atom stereocenters. The first-order valence-corrected chi connectivity index (χ1v) is 5.66. The monoisotopic (exact) mass is 223 g/mol. The summed E-state index contributed by atoms with van der Waals surface area (Å²) in [5.41, 5.74) is 6.34. The summed E-state index contributed by atoms with van der Waals surface area (Å²) in [5.74, 6) is -0.0777. The van der Waals surface area contributed by atoms with Gasteiger partial charge >= 0.3 is 0 Å². The second-order valence-electron chi connectivity index (χ2n) is 4.36. The van der Waals surface area contributed by atoms with Gasteiger partial charge in [0.25, 0.3) is 0 Å². The van der Waals surface area contributed by atoms with E-state index in [-0.39, 0.29) is 11.8 Å². The smallest absolute Gasteiger partial charge is 0.220 e. The number of carbonyl (C=O) groups excluding carboxylic acids is 1. The Bertz CT molecular complexity index is 329. The number of primary amides is 1. The molecule has 5 nitrogen and oxygen atoms in total. The van der Waals surface area contributed by atoms with Gasteiger partial charge in [-0.3, -0.25) is 4.79 Å². The predicted molar refractivity (Wildman–Crippen MR) is 58.3 cm³/mol. The lowest BCUT2D eigenvalue weighted by molar-refractivity contribution is -0.122. The molecular weight excluding hydrogens is 206 g/mol. The summed E-state index contributed by atoms with van der Waals surface area (Å²) in [7, 11) is 0. The lowest BCUT2D eigenvalue weighted by Gasteiger charge is -2.27. The fourth-order valence-electron chi connectivity index (χ4n) is 2.16. The van der Waals surface area contributed by atoms with E-state index in [4.69, 9.17) is 10.3 Å². The summed E-state index contributed by atoms with van der Waals surface area (Å²) in [6, 6.07) is 0.477. The molecule has 5 heteroatoms. The summed E-state index contributed by atoms with van der Waals surface area (Å²) in [6.07, 6.45) is 7.18. The van der Waals surface area contributed by atoms with Crippen molar-refractivity contribution in [2.24, 2.45) is 11.7 Å². The van der Waals surface area contributed by atoms with E-state index in [0.29, 0.717) is 6.04 Å². The molecule has 1 fully saturated rings. The van der Waals surface area contributed by atoms with Crippen molar-refractivity contribution in [2.45, 2.75) is 38.3 Å². The van der Waals surface area contributed by atoms with Gasteiger partial charge < -0.3 is 15.6 Å². The Hall–Kier alpha value is -1.36. The van der Waals surface area contributed by atoms with Crippen LogP contribution in [0.5, 0.6) is 0 Å². The van der Waals surface area contributed by atoms with Gasteiger partial charge in [0.15, 0.2) is 0 Å². The maximum Gasteiger partial charge on any atom is 0.220 e. The van der Waals surface area contributed by atoms with Gasteiger partial charge in [-0.05, 0) is 25.7 Å². The third-order valence-corrected chi connectivity index (χ3v) is 3.21. The number of amides is 1. The van der Waals surface area contributed by atoms with Crippen LogP contribution in [0.3, 0.4) is 0 Å². The average molecular weight is 223 g/mol. The summed E-state index contributed by atoms with van der Waals surface area (Å²) in [5, 5.41) is 7.08. The summed E-state index contributed by atoms with van der Waals surface area (Å²) >= 11 is 0. The molecule has 1 amide bonds. The minimum Gasteiger partial charge on any atom is -0.369 e. The standard InChI is InChI=1S/C11H17N3O2/c12-11(15)9-1-3-10(4-2-9)13-5-8-6-14-16-7-8/h6-7,9-10,13H,1-5H2,(H2,12,15). The third kappa shape index (κ3) is 2.82. The Labute approximate surface area is 94.4 Å². The van der Waals surface area contributed by atoms with E-state index in [1.807, 2.05) is 0 Å². The second-order valence-corrected chi connectivity index (χ2v) is 4.36. The SMILES string of the molecule is NC(=O)C1CCC(NCc2cnoc2)CC1. The highest BCUT2D eigenvalue weighted by molar-refractivity contribution is 5.76. The van der Waals surface area contributed by atoms with Crippen molar-refractivity contribution in [1.29, 1.82) is 0 Å². The number of nitrogens with zero attached hydrogens (tertiary/aromatic N) is 1. The Balaban J connectivity index is 1.71. The maximum absolute atomic E-state index is 11.0. The van der Waals surface area contributed by atoms with Gasteiger partial charge in [0.2, 0.25) is 5.91 Å². The third-order valence-electron chi connectivity index (χ3n) is 3.21. The molecule has 1 aromatic heterocycles. The van der Waals surface area contributed by atoms with E-state index >= 15 is 0 Å². The van der Waals surface area contributed by atoms with Crippen LogP contribution >= 0.6 is 0 Å². The molecule has 0 aliphatic heterocycles. The van der Waals surface area contributed by atoms with E-state index < -0.39 is 0 Å². The van der Waals surface area contributed by atoms with Crippen molar-refractivity contribution >= 4 is 5.91 Å². The van der Waals surface area contributed by atoms with Crippen LogP contribution in [-0.4, -0.2) is 17.1 Å². The van der Waals surface area contributed by atoms with E-state index in [2.05, 4.69) is 10.5 Å². The molecule has 88 valence electrons. The van der Waals surface area contributed by atoms with Gasteiger partial charge in [-0.1, -0.05) is 5.16 Å². The lowest BCUT2D eigenvalue weighted by atomic mass is 9.85. The van der Waals surface area contributed by atoms with Crippen molar-refractivity contribution in [1.82, 2.24) is 10.5 Å². The quantitative estimate of drug-likeness (QED) is 0.791. The number of rotatable bonds is 4. The van der Waals surface area contributed by atoms with Gasteiger partial charge in [0, 0.05) is 24.1 Å². The van der Waals surface area contributed by atoms with Crippen LogP contribution < -0.4 is 11.1 Å². The Morgan fingerprint density at radius 3 is 2.81 bits per heavy atom. The Morgan fingerprint density at radius 1 is 1.50 bits per heavy atom. The number of hydrogen-bond acceptors (Lipinski definition) is 4. The van der Waals surface area contributed by atoms with Crippen LogP contribution in [0, 0.1) is 5.92 Å². The van der Waals surface area contributed by atoms with Crippen molar-refractivity contribution in [3.8, 4) is 0 Å². The minimum atomic E-state index is -0.155. The largest absolute Gasteiger partial charge is 0.369 e. The van der Waals surface area contributed by atoms with Crippen molar-refractivity contribution in [3.05, 3.63) is 18.0 Å². The molecule has 16 heavy (non-hydrogen) atoms. The molecule has 1 aliphatic rings. The Kier molecular flexibility index (Phi) is 3.56. The van der Waals surface area contributed by atoms with Crippen molar-refractivity contribution in [2.75, 3.05) is 0 Å². The first kappa shape index (κ1) is 11.1. The lowest BCUT2D eigenvalue weighted by Crippen LogP contribution is -2.36. The Morgan fingerprint density at radius 2 is 2.25 bits per heavy atom. The minimum absolute atomic E-state index is 0.0774. The molecule has 0 aromatic carbocycles. The molecular formula is C11H17N3O2. The fraction of sp³-hybridized carbons (Fsp3) is 0.636. The number of nitrogens with one attached hydrogen (secondary N) is 1. The van der Waals surface area contributed by atoms with E-state index in [1.54, 1.807) is 12.5 Å². The first-order chi connectivity index (χ1) is 7.75. The van der Waals surface area contributed by atoms with Gasteiger partial charge in [-0.15, -0.1) is 0 Å². The molecule has 1 heterocycles. The van der Waals surface area contributed by atoms with Gasteiger partial charge in [-0.2, -0.15) is 0 Å². The average Bonchev–Trinajstić information content (AvgIpc) is 2.80. The molecule has 1 saturated carbocycles. The van der Waals surface area contributed by atoms with E-state index in [0.717, 1.165) is 37.8 Å². The summed E-state index contributed by atoms with van der Waals surface area (Å²) < 4.78 is 4.75. The number of hydrogen-bond donors (Lipinski definition) is 2. The molecule has 0 spiro atoms. The van der Waals surface area contributed by atoms with Crippen LogP contribution in [0.1, 0.15) is 31.2 Å². The first-order valence-electron chi connectivity index (χ1n) is 5.66. The molecule has 3 N–H and O–H groups in total. The molecule has 1 aliphatic carbocycles. The zero-order valence-corrected chi connectivity index (χ0v) is 9.19. The van der Waals surface area contributed by atoms with Gasteiger partial charge in [0.05, 0.1) is 6.20 Å². The molecule has 0 radical (unpaired) electrons. The van der Waals surface area contributed by atoms with Crippen LogP contribution in [0.25, 0.3) is 0 Å². The van der Waals surface area contributed by atoms with Crippen LogP contribution in [0.2, 0.25) is 0 Å². The molecule has 0 bridgehead atoms. The van der Waals surface area contributed by atoms with Gasteiger partial charge in [-0.25, -0.2) is 0 Å². The molecule has 0 saturated heterocycles. The fourth-order valence-corrected chi connectivity index (χ4v) is 2.16. The highest BCUT2D eigenvalue weighted by Gasteiger charge is 2.24. The van der Waals surface area contributed by atoms with Crippen LogP contribution in [-0.2, 0) is 11.3 Å². The zero-order chi connectivity index (χ0) is 11.4. The van der Waals surface area contributed by atoms with Crippen LogP contribution in [0.4, 0.5) is 0 Å². The van der Waals surface area contributed by atoms with E-state index in [9.17, 15) is 4.79 Å². The van der Waals surface area contributed by atoms with Crippen LogP contribution in [0.15, 0.2) is 17.0 Å². The maximum atomic E-state index is 11.0. The predicted octanol–water partition coefficient (Wildman–Crippen LogP) is 0.808. The van der Waals surface area contributed by atoms with E-state index in [1.165, 1.54) is 0 Å². The molecule has 2 rings (SSSR count). The summed E-state index contributed by atoms with van der Waals surface area (Å²) in [4.78, 5) is 11.0. The zero-order valence-electron chi connectivity index (χ0n) is 9.19. The second kappa shape index (κ2) is 5.12. The number of nitrogens with two attached hydrogens (primary N) is 1. The van der Waals surface area contributed by atoms with Gasteiger partial charge in [0.1, 0.15) is 6.26 Å². The highest BCUT2D eigenvalue weighted by atomic mass is 16.5. The number of carbonyl (C=O) groups is 1. The highest BCUT2D eigenvalue weighted by Crippen LogP contribution is 2.24.